The molecule has 0 aliphatic carbocycles. The van der Waals surface area contributed by atoms with Crippen molar-refractivity contribution in [3.8, 4) is 0 Å². The quantitative estimate of drug-likeness (QED) is 0.809. The zero-order valence-corrected chi connectivity index (χ0v) is 12.9. The van der Waals surface area contributed by atoms with Gasteiger partial charge in [-0.15, -0.1) is 11.6 Å². The van der Waals surface area contributed by atoms with Gasteiger partial charge in [0.1, 0.15) is 17.2 Å². The lowest BCUT2D eigenvalue weighted by molar-refractivity contribution is 0.589. The van der Waals surface area contributed by atoms with Crippen LogP contribution in [0, 0.1) is 11.6 Å². The normalized spacial score (nSPS) is 16.3. The maximum atomic E-state index is 13.8. The Morgan fingerprint density at radius 2 is 2.05 bits per heavy atom. The Morgan fingerprint density at radius 3 is 2.60 bits per heavy atom. The van der Waals surface area contributed by atoms with Crippen molar-refractivity contribution in [2.24, 2.45) is 0 Å². The first-order valence-electron chi connectivity index (χ1n) is 6.12. The first-order valence-corrected chi connectivity index (χ1v) is 8.18. The lowest BCUT2D eigenvalue weighted by Crippen LogP contribution is -2.19. The van der Waals surface area contributed by atoms with Crippen molar-refractivity contribution in [3.63, 3.8) is 0 Å². The first-order chi connectivity index (χ1) is 9.31. The van der Waals surface area contributed by atoms with Crippen molar-refractivity contribution in [1.29, 1.82) is 0 Å². The van der Waals surface area contributed by atoms with Crippen molar-refractivity contribution in [2.45, 2.75) is 31.0 Å². The lowest BCUT2D eigenvalue weighted by Gasteiger charge is -2.14. The van der Waals surface area contributed by atoms with Crippen LogP contribution in [0.3, 0.4) is 0 Å². The highest BCUT2D eigenvalue weighted by atomic mass is 35.5. The number of halogens is 3. The molecule has 1 aromatic carbocycles. The van der Waals surface area contributed by atoms with Gasteiger partial charge in [0.25, 0.3) is 0 Å². The predicted octanol–water partition coefficient (Wildman–Crippen LogP) is 3.38. The molecule has 0 aliphatic rings. The minimum atomic E-state index is -1.05. The number of imidazole rings is 1. The molecule has 0 amide bonds. The number of rotatable bonds is 4. The van der Waals surface area contributed by atoms with Crippen LogP contribution in [-0.4, -0.2) is 25.3 Å². The summed E-state index contributed by atoms with van der Waals surface area (Å²) >= 11 is 6.06. The smallest absolute Gasteiger partial charge is 0.153 e. The summed E-state index contributed by atoms with van der Waals surface area (Å²) in [6.45, 7) is 3.86. The Balaban J connectivity index is 2.65. The van der Waals surface area contributed by atoms with Crippen LogP contribution in [0.5, 0.6) is 0 Å². The van der Waals surface area contributed by atoms with Gasteiger partial charge in [-0.2, -0.15) is 0 Å². The zero-order valence-electron chi connectivity index (χ0n) is 11.4. The molecule has 0 N–H and O–H groups in total. The van der Waals surface area contributed by atoms with E-state index in [-0.39, 0.29) is 10.8 Å². The summed E-state index contributed by atoms with van der Waals surface area (Å²) in [4.78, 5) is 4.16. The van der Waals surface area contributed by atoms with Crippen LogP contribution < -0.4 is 0 Å². The van der Waals surface area contributed by atoms with E-state index in [1.165, 1.54) is 6.07 Å². The number of hydrogen-bond donors (Lipinski definition) is 0. The van der Waals surface area contributed by atoms with Gasteiger partial charge in [-0.1, -0.05) is 0 Å². The molecule has 2 rings (SSSR count). The van der Waals surface area contributed by atoms with Crippen molar-refractivity contribution in [2.75, 3.05) is 6.26 Å². The van der Waals surface area contributed by atoms with Crippen LogP contribution in [0.4, 0.5) is 8.78 Å². The third-order valence-electron chi connectivity index (χ3n) is 3.16. The minimum Gasteiger partial charge on any atom is -0.325 e. The van der Waals surface area contributed by atoms with Crippen LogP contribution in [0.25, 0.3) is 11.0 Å². The van der Waals surface area contributed by atoms with E-state index < -0.39 is 27.8 Å². The second-order valence-electron chi connectivity index (χ2n) is 4.76. The summed E-state index contributed by atoms with van der Waals surface area (Å²) in [5.74, 6) is -0.943. The maximum Gasteiger partial charge on any atom is 0.153 e. The van der Waals surface area contributed by atoms with Gasteiger partial charge < -0.3 is 4.57 Å². The Morgan fingerprint density at radius 1 is 1.40 bits per heavy atom. The molecule has 20 heavy (non-hydrogen) atoms. The van der Waals surface area contributed by atoms with Gasteiger partial charge in [-0.25, -0.2) is 13.8 Å². The number of fused-ring (bicyclic) bond motifs is 1. The molecule has 0 aliphatic heterocycles. The van der Waals surface area contributed by atoms with E-state index in [0.717, 1.165) is 6.07 Å². The van der Waals surface area contributed by atoms with Crippen molar-refractivity contribution >= 4 is 33.4 Å². The van der Waals surface area contributed by atoms with Crippen LogP contribution in [0.2, 0.25) is 0 Å². The van der Waals surface area contributed by atoms with E-state index in [1.54, 1.807) is 24.7 Å². The number of alkyl halides is 1. The Hall–Kier alpha value is -1.01. The van der Waals surface area contributed by atoms with E-state index in [0.29, 0.717) is 17.9 Å². The van der Waals surface area contributed by atoms with Crippen molar-refractivity contribution < 1.29 is 13.0 Å². The summed E-state index contributed by atoms with van der Waals surface area (Å²) in [7, 11) is -1.05. The van der Waals surface area contributed by atoms with E-state index in [2.05, 4.69) is 4.98 Å². The molecule has 3 atom stereocenters. The van der Waals surface area contributed by atoms with Gasteiger partial charge in [0.2, 0.25) is 0 Å². The molecule has 110 valence electrons. The zero-order chi connectivity index (χ0) is 15.0. The van der Waals surface area contributed by atoms with Crippen LogP contribution in [0.15, 0.2) is 12.1 Å². The average Bonchev–Trinajstić information content (AvgIpc) is 2.68. The monoisotopic (exact) mass is 320 g/mol. The molecule has 3 nitrogen and oxygen atoms in total. The van der Waals surface area contributed by atoms with Crippen LogP contribution in [0.1, 0.15) is 25.0 Å². The fourth-order valence-electron chi connectivity index (χ4n) is 2.02. The standard InChI is InChI=1S/C13H15ClF2N2OS/c1-7(20(3)19)6-18-11-5-9(15)4-10(16)12(11)17-13(18)8(2)14/h4-5,7-8H,6H2,1-3H3. The van der Waals surface area contributed by atoms with Gasteiger partial charge in [0.15, 0.2) is 5.82 Å². The molecule has 0 radical (unpaired) electrons. The predicted molar refractivity (Wildman–Crippen MR) is 77.4 cm³/mol. The summed E-state index contributed by atoms with van der Waals surface area (Å²) < 4.78 is 40.4. The van der Waals surface area contributed by atoms with Crippen LogP contribution >= 0.6 is 11.6 Å². The van der Waals surface area contributed by atoms with Gasteiger partial charge in [0, 0.05) is 34.9 Å². The van der Waals surface area contributed by atoms with Gasteiger partial charge in [0.05, 0.1) is 10.9 Å². The highest BCUT2D eigenvalue weighted by molar-refractivity contribution is 7.84. The number of aromatic nitrogens is 2. The molecule has 1 heterocycles. The summed E-state index contributed by atoms with van der Waals surface area (Å²) in [6, 6.07) is 2.02. The van der Waals surface area contributed by atoms with Gasteiger partial charge >= 0.3 is 0 Å². The number of benzene rings is 1. The topological polar surface area (TPSA) is 34.9 Å². The molecule has 2 aromatic rings. The van der Waals surface area contributed by atoms with E-state index in [1.807, 2.05) is 0 Å². The summed E-state index contributed by atoms with van der Waals surface area (Å²) in [5, 5.41) is -0.629. The molecular weight excluding hydrogens is 306 g/mol. The molecule has 0 saturated carbocycles. The highest BCUT2D eigenvalue weighted by Crippen LogP contribution is 2.27. The van der Waals surface area contributed by atoms with Crippen molar-refractivity contribution in [3.05, 3.63) is 29.6 Å². The van der Waals surface area contributed by atoms with E-state index >= 15 is 0 Å². The fourth-order valence-corrected chi connectivity index (χ4v) is 2.55. The number of hydrogen-bond acceptors (Lipinski definition) is 2. The van der Waals surface area contributed by atoms with Crippen molar-refractivity contribution in [1.82, 2.24) is 9.55 Å². The van der Waals surface area contributed by atoms with E-state index in [9.17, 15) is 13.0 Å². The molecule has 3 unspecified atom stereocenters. The summed E-state index contributed by atoms with van der Waals surface area (Å²) in [6.07, 6.45) is 1.59. The third kappa shape index (κ3) is 2.86. The molecule has 1 aromatic heterocycles. The fraction of sp³-hybridized carbons (Fsp3) is 0.462. The molecular formula is C13H15ClF2N2OS. The minimum absolute atomic E-state index is 0.0861. The maximum absolute atomic E-state index is 13.8. The second-order valence-corrected chi connectivity index (χ2v) is 7.22. The third-order valence-corrected chi connectivity index (χ3v) is 4.64. The summed E-state index contributed by atoms with van der Waals surface area (Å²) in [5.41, 5.74) is 0.422. The Bertz CT molecular complexity index is 672. The molecule has 7 heteroatoms. The van der Waals surface area contributed by atoms with E-state index in [4.69, 9.17) is 11.6 Å². The molecule has 0 bridgehead atoms. The number of nitrogens with zero attached hydrogens (tertiary/aromatic N) is 2. The SMILES string of the molecule is CC(Cl)c1nc2c(F)cc(F)cc2n1CC(C)S(C)=O. The second kappa shape index (κ2) is 5.77. The Labute approximate surface area is 123 Å². The average molecular weight is 321 g/mol. The molecule has 0 spiro atoms. The largest absolute Gasteiger partial charge is 0.325 e. The lowest BCUT2D eigenvalue weighted by atomic mass is 10.3. The van der Waals surface area contributed by atoms with Crippen LogP contribution in [-0.2, 0) is 17.3 Å². The van der Waals surface area contributed by atoms with Gasteiger partial charge in [-0.05, 0) is 19.9 Å². The molecule has 0 fully saturated rings. The molecule has 0 saturated heterocycles. The highest BCUT2D eigenvalue weighted by Gasteiger charge is 2.20. The first kappa shape index (κ1) is 15.4. The Kier molecular flexibility index (Phi) is 4.44. The van der Waals surface area contributed by atoms with Gasteiger partial charge in [-0.3, -0.25) is 4.21 Å².